The van der Waals surface area contributed by atoms with Gasteiger partial charge in [-0.2, -0.15) is 0 Å². The Morgan fingerprint density at radius 1 is 1.29 bits per heavy atom. The Morgan fingerprint density at radius 3 is 2.50 bits per heavy atom. The van der Waals surface area contributed by atoms with Gasteiger partial charge in [0.2, 0.25) is 0 Å². The Labute approximate surface area is 90.4 Å². The number of aryl methyl sites for hydroxylation is 1. The molecule has 0 aromatic heterocycles. The molecule has 0 aliphatic heterocycles. The summed E-state index contributed by atoms with van der Waals surface area (Å²) in [5.41, 5.74) is 1.10. The molecule has 1 aromatic rings. The van der Waals surface area contributed by atoms with E-state index in [9.17, 15) is 8.78 Å². The highest BCUT2D eigenvalue weighted by molar-refractivity contribution is 9.09. The molecule has 0 heterocycles. The average molecular weight is 261 g/mol. The second-order valence-corrected chi connectivity index (χ2v) is 4.85. The lowest BCUT2D eigenvalue weighted by Gasteiger charge is -2.11. The molecule has 1 unspecified atom stereocenters. The first-order valence-electron chi connectivity index (χ1n) is 4.69. The lowest BCUT2D eigenvalue weighted by molar-refractivity contribution is 0.562. The third kappa shape index (κ3) is 1.83. The Hall–Kier alpha value is -0.440. The number of alkyl halides is 1. The molecule has 0 radical (unpaired) electrons. The quantitative estimate of drug-likeness (QED) is 0.702. The maximum atomic E-state index is 13.4. The molecule has 0 bridgehead atoms. The molecule has 1 atom stereocenters. The molecule has 0 spiro atoms. The van der Waals surface area contributed by atoms with Gasteiger partial charge in [0, 0.05) is 16.5 Å². The van der Waals surface area contributed by atoms with E-state index in [1.165, 1.54) is 0 Å². The van der Waals surface area contributed by atoms with Crippen LogP contribution in [0.3, 0.4) is 0 Å². The smallest absolute Gasteiger partial charge is 0.130 e. The second-order valence-electron chi connectivity index (χ2n) is 3.86. The zero-order valence-electron chi connectivity index (χ0n) is 7.86. The van der Waals surface area contributed by atoms with Crippen molar-refractivity contribution in [1.29, 1.82) is 0 Å². The summed E-state index contributed by atoms with van der Waals surface area (Å²) in [5.74, 6) is -0.391. The number of benzene rings is 1. The molecule has 2 rings (SSSR count). The van der Waals surface area contributed by atoms with Crippen LogP contribution in [-0.2, 0) is 0 Å². The van der Waals surface area contributed by atoms with E-state index in [0.717, 1.165) is 18.9 Å². The minimum absolute atomic E-state index is 0.0433. The van der Waals surface area contributed by atoms with Gasteiger partial charge in [-0.25, -0.2) is 8.78 Å². The molecule has 0 amide bonds. The fraction of sp³-hybridized carbons (Fsp3) is 0.455. The predicted octanol–water partition coefficient (Wildman–Crippen LogP) is 4.12. The molecule has 3 heteroatoms. The van der Waals surface area contributed by atoms with Crippen molar-refractivity contribution in [1.82, 2.24) is 0 Å². The van der Waals surface area contributed by atoms with Crippen LogP contribution in [0, 0.1) is 24.5 Å². The number of rotatable bonds is 2. The molecular formula is C11H11BrF2. The van der Waals surface area contributed by atoms with Crippen molar-refractivity contribution in [2.45, 2.75) is 24.6 Å². The van der Waals surface area contributed by atoms with E-state index in [0.29, 0.717) is 17.0 Å². The van der Waals surface area contributed by atoms with Crippen LogP contribution in [0.25, 0.3) is 0 Å². The van der Waals surface area contributed by atoms with Crippen LogP contribution in [0.15, 0.2) is 12.1 Å². The second kappa shape index (κ2) is 3.61. The van der Waals surface area contributed by atoms with Gasteiger partial charge in [0.15, 0.2) is 0 Å². The standard InChI is InChI=1S/C11H11BrF2/c1-6-4-8(10(14)5-9(6)13)11(12)7-2-3-7/h4-5,7,11H,2-3H2,1H3. The fourth-order valence-corrected chi connectivity index (χ4v) is 2.41. The Bertz CT molecular complexity index is 359. The summed E-state index contributed by atoms with van der Waals surface area (Å²) in [4.78, 5) is 0.0433. The summed E-state index contributed by atoms with van der Waals surface area (Å²) < 4.78 is 26.4. The van der Waals surface area contributed by atoms with Crippen LogP contribution in [0.1, 0.15) is 28.8 Å². The van der Waals surface area contributed by atoms with E-state index >= 15 is 0 Å². The summed E-state index contributed by atoms with van der Waals surface area (Å²) in [6.45, 7) is 1.66. The lowest BCUT2D eigenvalue weighted by Crippen LogP contribution is -1.99. The van der Waals surface area contributed by atoms with E-state index in [1.54, 1.807) is 13.0 Å². The largest absolute Gasteiger partial charge is 0.207 e. The van der Waals surface area contributed by atoms with Gasteiger partial charge in [0.25, 0.3) is 0 Å². The highest BCUT2D eigenvalue weighted by Gasteiger charge is 2.32. The van der Waals surface area contributed by atoms with Gasteiger partial charge in [0.1, 0.15) is 11.6 Å². The van der Waals surface area contributed by atoms with Crippen molar-refractivity contribution in [3.05, 3.63) is 34.9 Å². The van der Waals surface area contributed by atoms with Gasteiger partial charge >= 0.3 is 0 Å². The average Bonchev–Trinajstić information content (AvgIpc) is 2.93. The van der Waals surface area contributed by atoms with E-state index in [-0.39, 0.29) is 4.83 Å². The van der Waals surface area contributed by atoms with Crippen LogP contribution >= 0.6 is 15.9 Å². The van der Waals surface area contributed by atoms with E-state index in [1.807, 2.05) is 0 Å². The molecular weight excluding hydrogens is 250 g/mol. The van der Waals surface area contributed by atoms with Crippen LogP contribution in [0.2, 0.25) is 0 Å². The third-order valence-electron chi connectivity index (χ3n) is 2.61. The van der Waals surface area contributed by atoms with Gasteiger partial charge in [-0.3, -0.25) is 0 Å². The van der Waals surface area contributed by atoms with Crippen molar-refractivity contribution in [2.24, 2.45) is 5.92 Å². The molecule has 0 saturated heterocycles. The molecule has 1 aromatic carbocycles. The number of hydrogen-bond acceptors (Lipinski definition) is 0. The van der Waals surface area contributed by atoms with Crippen LogP contribution in [0.5, 0.6) is 0 Å². The third-order valence-corrected chi connectivity index (χ3v) is 3.85. The van der Waals surface area contributed by atoms with Gasteiger partial charge < -0.3 is 0 Å². The maximum Gasteiger partial charge on any atom is 0.130 e. The minimum Gasteiger partial charge on any atom is -0.207 e. The summed E-state index contributed by atoms with van der Waals surface area (Å²) in [6.07, 6.45) is 2.26. The van der Waals surface area contributed by atoms with Crippen LogP contribution < -0.4 is 0 Å². The van der Waals surface area contributed by atoms with Gasteiger partial charge in [-0.05, 0) is 37.3 Å². The molecule has 1 saturated carbocycles. The summed E-state index contributed by atoms with van der Waals surface area (Å²) in [7, 11) is 0. The Morgan fingerprint density at radius 2 is 1.93 bits per heavy atom. The van der Waals surface area contributed by atoms with Crippen molar-refractivity contribution < 1.29 is 8.78 Å². The summed E-state index contributed by atoms with van der Waals surface area (Å²) in [6, 6.07) is 2.57. The SMILES string of the molecule is Cc1cc(C(Br)C2CC2)c(F)cc1F. The molecule has 1 aliphatic carbocycles. The molecule has 1 fully saturated rings. The molecule has 76 valence electrons. The van der Waals surface area contributed by atoms with Gasteiger partial charge in [-0.15, -0.1) is 0 Å². The maximum absolute atomic E-state index is 13.4. The number of hydrogen-bond donors (Lipinski definition) is 0. The molecule has 0 nitrogen and oxygen atoms in total. The highest BCUT2D eigenvalue weighted by atomic mass is 79.9. The summed E-state index contributed by atoms with van der Waals surface area (Å²) >= 11 is 3.46. The normalized spacial score (nSPS) is 18.3. The predicted molar refractivity (Wildman–Crippen MR) is 55.5 cm³/mol. The monoisotopic (exact) mass is 260 g/mol. The Balaban J connectivity index is 2.36. The molecule has 14 heavy (non-hydrogen) atoms. The minimum atomic E-state index is -0.471. The first-order valence-corrected chi connectivity index (χ1v) is 5.61. The zero-order chi connectivity index (χ0) is 10.3. The highest BCUT2D eigenvalue weighted by Crippen LogP contribution is 2.47. The molecule has 0 N–H and O–H groups in total. The summed E-state index contributed by atoms with van der Waals surface area (Å²) in [5, 5.41) is 0. The van der Waals surface area contributed by atoms with E-state index in [4.69, 9.17) is 0 Å². The number of halogens is 3. The van der Waals surface area contributed by atoms with Gasteiger partial charge in [0.05, 0.1) is 0 Å². The van der Waals surface area contributed by atoms with Crippen molar-refractivity contribution in [3.63, 3.8) is 0 Å². The lowest BCUT2D eigenvalue weighted by atomic mass is 10.0. The van der Waals surface area contributed by atoms with Crippen LogP contribution in [-0.4, -0.2) is 0 Å². The van der Waals surface area contributed by atoms with Crippen molar-refractivity contribution >= 4 is 15.9 Å². The van der Waals surface area contributed by atoms with Crippen molar-refractivity contribution in [3.8, 4) is 0 Å². The molecule has 1 aliphatic rings. The Kier molecular flexibility index (Phi) is 2.60. The first kappa shape index (κ1) is 10.1. The van der Waals surface area contributed by atoms with Gasteiger partial charge in [-0.1, -0.05) is 15.9 Å². The fourth-order valence-electron chi connectivity index (χ4n) is 1.53. The van der Waals surface area contributed by atoms with E-state index < -0.39 is 11.6 Å². The zero-order valence-corrected chi connectivity index (χ0v) is 9.44. The van der Waals surface area contributed by atoms with Crippen molar-refractivity contribution in [2.75, 3.05) is 0 Å². The van der Waals surface area contributed by atoms with E-state index in [2.05, 4.69) is 15.9 Å². The van der Waals surface area contributed by atoms with Crippen LogP contribution in [0.4, 0.5) is 8.78 Å². The topological polar surface area (TPSA) is 0 Å². The first-order chi connectivity index (χ1) is 6.59.